The minimum atomic E-state index is 0.936. The van der Waals surface area contributed by atoms with E-state index in [-0.39, 0.29) is 0 Å². The Morgan fingerprint density at radius 1 is 1.08 bits per heavy atom. The second-order valence-electron chi connectivity index (χ2n) is 3.05. The molecule has 2 heteroatoms. The maximum atomic E-state index is 3.26. The van der Waals surface area contributed by atoms with Gasteiger partial charge in [-0.2, -0.15) is 0 Å². The highest BCUT2D eigenvalue weighted by Crippen LogP contribution is 2.17. The fraction of sp³-hybridized carbons (Fsp3) is 0.455. The zero-order valence-electron chi connectivity index (χ0n) is 8.57. The molecule has 2 N–H and O–H groups in total. The molecule has 0 bridgehead atoms. The third-order valence-electron chi connectivity index (χ3n) is 1.75. The lowest BCUT2D eigenvalue weighted by Crippen LogP contribution is -2.01. The summed E-state index contributed by atoms with van der Waals surface area (Å²) in [6, 6.07) is 7.47. The van der Waals surface area contributed by atoms with Crippen molar-refractivity contribution in [3.05, 3.63) is 23.8 Å². The number of hydrogen-bond acceptors (Lipinski definition) is 2. The summed E-state index contributed by atoms with van der Waals surface area (Å²) in [5, 5.41) is 6.50. The number of rotatable bonds is 4. The Morgan fingerprint density at radius 3 is 1.92 bits per heavy atom. The van der Waals surface area contributed by atoms with E-state index < -0.39 is 0 Å². The van der Waals surface area contributed by atoms with E-state index in [0.717, 1.165) is 24.5 Å². The average Bonchev–Trinajstić information content (AvgIpc) is 2.04. The smallest absolute Gasteiger partial charge is 0.0444 e. The van der Waals surface area contributed by atoms with Crippen molar-refractivity contribution in [1.29, 1.82) is 0 Å². The van der Waals surface area contributed by atoms with Crippen molar-refractivity contribution in [2.45, 2.75) is 20.8 Å². The quantitative estimate of drug-likeness (QED) is 0.738. The Kier molecular flexibility index (Phi) is 3.62. The Hall–Kier alpha value is -1.18. The monoisotopic (exact) mass is 177 g/mol. The Bertz CT molecular complexity index is 245. The van der Waals surface area contributed by atoms with E-state index in [0.29, 0.717) is 0 Å². The van der Waals surface area contributed by atoms with Gasteiger partial charge in [0.25, 0.3) is 0 Å². The summed E-state index contributed by atoms with van der Waals surface area (Å²) in [4.78, 5) is 0. The molecule has 0 atom stereocenters. The number of hydrogen-bond donors (Lipinski definition) is 2. The number of nitrogens with one attached hydrogen (secondary N) is 2. The van der Waals surface area contributed by atoms with E-state index in [2.05, 4.69) is 49.6 Å². The van der Waals surface area contributed by atoms with Crippen LogP contribution in [-0.2, 0) is 0 Å². The van der Waals surface area contributed by atoms with E-state index in [1.54, 1.807) is 0 Å². The molecular weight excluding hydrogens is 160 g/mol. The molecule has 1 aromatic carbocycles. The van der Waals surface area contributed by atoms with Gasteiger partial charge in [-0.15, -0.1) is 0 Å². The predicted octanol–water partition coefficient (Wildman–Crippen LogP) is 2.66. The lowest BCUT2D eigenvalue weighted by Gasteiger charge is -2.08. The number of anilines is 2. The van der Waals surface area contributed by atoms with Gasteiger partial charge in [0, 0.05) is 30.5 Å². The first-order valence-electron chi connectivity index (χ1n) is 4.78. The summed E-state index contributed by atoms with van der Waals surface area (Å²) in [5.41, 5.74) is 3.39. The zero-order valence-corrected chi connectivity index (χ0v) is 8.57. The van der Waals surface area contributed by atoms with Gasteiger partial charge in [-0.1, -0.05) is 0 Å². The summed E-state index contributed by atoms with van der Waals surface area (Å²) >= 11 is 0. The molecule has 1 aromatic rings. The fourth-order valence-corrected chi connectivity index (χ4v) is 1.29. The van der Waals surface area contributed by atoms with Crippen molar-refractivity contribution in [2.24, 2.45) is 0 Å². The zero-order chi connectivity index (χ0) is 9.68. The van der Waals surface area contributed by atoms with Gasteiger partial charge in [-0.25, -0.2) is 0 Å². The van der Waals surface area contributed by atoms with E-state index in [1.165, 1.54) is 5.56 Å². The van der Waals surface area contributed by atoms with Crippen LogP contribution >= 0.6 is 0 Å². The van der Waals surface area contributed by atoms with Crippen LogP contribution in [0.15, 0.2) is 12.1 Å². The van der Waals surface area contributed by atoms with Crippen molar-refractivity contribution >= 4 is 11.4 Å². The maximum Gasteiger partial charge on any atom is 0.0444 e. The SMILES string of the molecule is CCNc1[c]c(NCC)cc(C)c1. The van der Waals surface area contributed by atoms with Gasteiger partial charge < -0.3 is 10.6 Å². The van der Waals surface area contributed by atoms with E-state index in [1.807, 2.05) is 0 Å². The Labute approximate surface area is 80.4 Å². The molecule has 0 unspecified atom stereocenters. The lowest BCUT2D eigenvalue weighted by molar-refractivity contribution is 1.19. The highest BCUT2D eigenvalue weighted by atomic mass is 14.9. The van der Waals surface area contributed by atoms with Crippen LogP contribution in [0.25, 0.3) is 0 Å². The van der Waals surface area contributed by atoms with Crippen LogP contribution in [0.3, 0.4) is 0 Å². The summed E-state index contributed by atoms with van der Waals surface area (Å²) in [7, 11) is 0. The highest BCUT2D eigenvalue weighted by Gasteiger charge is 1.96. The summed E-state index contributed by atoms with van der Waals surface area (Å²) in [5.74, 6) is 0. The van der Waals surface area contributed by atoms with E-state index >= 15 is 0 Å². The molecule has 13 heavy (non-hydrogen) atoms. The average molecular weight is 177 g/mol. The molecule has 0 spiro atoms. The first-order chi connectivity index (χ1) is 6.26. The molecule has 2 nitrogen and oxygen atoms in total. The third-order valence-corrected chi connectivity index (χ3v) is 1.75. The molecule has 71 valence electrons. The molecule has 0 saturated heterocycles. The first-order valence-corrected chi connectivity index (χ1v) is 4.78. The van der Waals surface area contributed by atoms with Crippen LogP contribution in [0.2, 0.25) is 0 Å². The molecule has 0 aliphatic rings. The van der Waals surface area contributed by atoms with Crippen LogP contribution in [0, 0.1) is 13.0 Å². The van der Waals surface area contributed by atoms with Crippen molar-refractivity contribution in [3.63, 3.8) is 0 Å². The topological polar surface area (TPSA) is 24.1 Å². The van der Waals surface area contributed by atoms with Crippen molar-refractivity contribution < 1.29 is 0 Å². The third kappa shape index (κ3) is 2.98. The van der Waals surface area contributed by atoms with E-state index in [9.17, 15) is 0 Å². The summed E-state index contributed by atoms with van der Waals surface area (Å²) in [6.45, 7) is 8.14. The summed E-state index contributed by atoms with van der Waals surface area (Å²) in [6.07, 6.45) is 0. The lowest BCUT2D eigenvalue weighted by atomic mass is 10.2. The first kappa shape index (κ1) is 9.90. The van der Waals surface area contributed by atoms with Crippen LogP contribution in [0.5, 0.6) is 0 Å². The van der Waals surface area contributed by atoms with Crippen LogP contribution < -0.4 is 10.6 Å². The molecule has 1 radical (unpaired) electrons. The van der Waals surface area contributed by atoms with Crippen LogP contribution in [0.1, 0.15) is 19.4 Å². The molecule has 1 rings (SSSR count). The van der Waals surface area contributed by atoms with Crippen molar-refractivity contribution in [3.8, 4) is 0 Å². The molecule has 0 aromatic heterocycles. The standard InChI is InChI=1S/C11H17N2/c1-4-12-10-6-9(3)7-11(8-10)13-5-2/h6-7,12-13H,4-5H2,1-3H3. The van der Waals surface area contributed by atoms with Gasteiger partial charge in [-0.3, -0.25) is 0 Å². The van der Waals surface area contributed by atoms with Crippen LogP contribution in [-0.4, -0.2) is 13.1 Å². The molecule has 0 aliphatic heterocycles. The van der Waals surface area contributed by atoms with Crippen LogP contribution in [0.4, 0.5) is 11.4 Å². The normalized spacial score (nSPS) is 9.77. The molecular formula is C11H17N2. The highest BCUT2D eigenvalue weighted by molar-refractivity contribution is 5.57. The molecule has 0 amide bonds. The molecule has 0 saturated carbocycles. The fourth-order valence-electron chi connectivity index (χ4n) is 1.29. The number of aryl methyl sites for hydroxylation is 1. The second kappa shape index (κ2) is 4.75. The molecule has 0 fully saturated rings. The minimum Gasteiger partial charge on any atom is -0.385 e. The largest absolute Gasteiger partial charge is 0.385 e. The predicted molar refractivity (Wildman–Crippen MR) is 58.3 cm³/mol. The van der Waals surface area contributed by atoms with E-state index in [4.69, 9.17) is 0 Å². The molecule has 0 aliphatic carbocycles. The van der Waals surface area contributed by atoms with Gasteiger partial charge in [0.05, 0.1) is 0 Å². The van der Waals surface area contributed by atoms with Gasteiger partial charge in [0.1, 0.15) is 0 Å². The Morgan fingerprint density at radius 2 is 1.54 bits per heavy atom. The second-order valence-corrected chi connectivity index (χ2v) is 3.05. The van der Waals surface area contributed by atoms with Gasteiger partial charge in [-0.05, 0) is 38.5 Å². The van der Waals surface area contributed by atoms with Gasteiger partial charge in [0.2, 0.25) is 0 Å². The molecule has 0 heterocycles. The maximum absolute atomic E-state index is 3.26. The minimum absolute atomic E-state index is 0.936. The number of benzene rings is 1. The Balaban J connectivity index is 2.83. The van der Waals surface area contributed by atoms with Crippen molar-refractivity contribution in [2.75, 3.05) is 23.7 Å². The van der Waals surface area contributed by atoms with Gasteiger partial charge >= 0.3 is 0 Å². The van der Waals surface area contributed by atoms with Crippen molar-refractivity contribution in [1.82, 2.24) is 0 Å². The van der Waals surface area contributed by atoms with Gasteiger partial charge in [0.15, 0.2) is 0 Å². The summed E-state index contributed by atoms with van der Waals surface area (Å²) < 4.78 is 0.